The highest BCUT2D eigenvalue weighted by atomic mass is 19.1. The van der Waals surface area contributed by atoms with E-state index in [1.165, 1.54) is 18.2 Å². The molecule has 20 heavy (non-hydrogen) atoms. The van der Waals surface area contributed by atoms with Crippen LogP contribution in [0.25, 0.3) is 0 Å². The second kappa shape index (κ2) is 8.32. The lowest BCUT2D eigenvalue weighted by Crippen LogP contribution is -2.46. The summed E-state index contributed by atoms with van der Waals surface area (Å²) in [5, 5.41) is 3.29. The van der Waals surface area contributed by atoms with E-state index in [1.807, 2.05) is 13.8 Å². The molecule has 1 aromatic rings. The first-order chi connectivity index (χ1) is 9.51. The summed E-state index contributed by atoms with van der Waals surface area (Å²) in [7, 11) is 0. The topological polar surface area (TPSA) is 21.3 Å². The van der Waals surface area contributed by atoms with Gasteiger partial charge in [0.05, 0.1) is 6.10 Å². The number of hydrogen-bond acceptors (Lipinski definition) is 2. The molecular weight excluding hydrogens is 260 g/mol. The van der Waals surface area contributed by atoms with Crippen molar-refractivity contribution in [2.75, 3.05) is 13.2 Å². The summed E-state index contributed by atoms with van der Waals surface area (Å²) in [6.07, 6.45) is 0.216. The van der Waals surface area contributed by atoms with E-state index < -0.39 is 11.6 Å². The second-order valence-electron chi connectivity index (χ2n) is 5.23. The standard InChI is InChI=1S/C16H25F2NO/c1-5-19-15(16(11(3)4)20-6-2)10-12-13(17)8-7-9-14(12)18/h7-9,11,15-16,19H,5-6,10H2,1-4H3. The van der Waals surface area contributed by atoms with Crippen LogP contribution < -0.4 is 5.32 Å². The maximum absolute atomic E-state index is 13.8. The smallest absolute Gasteiger partial charge is 0.129 e. The van der Waals surface area contributed by atoms with E-state index in [0.717, 1.165) is 6.54 Å². The summed E-state index contributed by atoms with van der Waals surface area (Å²) < 4.78 is 33.3. The van der Waals surface area contributed by atoms with Crippen molar-refractivity contribution >= 4 is 0 Å². The van der Waals surface area contributed by atoms with Crippen LogP contribution in [0.1, 0.15) is 33.3 Å². The number of ether oxygens (including phenoxy) is 1. The fourth-order valence-electron chi connectivity index (χ4n) is 2.48. The van der Waals surface area contributed by atoms with Gasteiger partial charge in [0.1, 0.15) is 11.6 Å². The summed E-state index contributed by atoms with van der Waals surface area (Å²) in [5.74, 6) is -0.715. The predicted octanol–water partition coefficient (Wildman–Crippen LogP) is 3.55. The second-order valence-corrected chi connectivity index (χ2v) is 5.23. The van der Waals surface area contributed by atoms with Crippen molar-refractivity contribution in [3.63, 3.8) is 0 Å². The third-order valence-electron chi connectivity index (χ3n) is 3.36. The maximum Gasteiger partial charge on any atom is 0.129 e. The van der Waals surface area contributed by atoms with Gasteiger partial charge < -0.3 is 10.1 Å². The van der Waals surface area contributed by atoms with Crippen LogP contribution in [0.3, 0.4) is 0 Å². The van der Waals surface area contributed by atoms with Gasteiger partial charge in [0.25, 0.3) is 0 Å². The molecule has 0 spiro atoms. The molecule has 0 heterocycles. The molecule has 0 bridgehead atoms. The molecule has 0 aliphatic carbocycles. The first-order valence-electron chi connectivity index (χ1n) is 7.29. The highest BCUT2D eigenvalue weighted by Gasteiger charge is 2.26. The molecule has 114 valence electrons. The lowest BCUT2D eigenvalue weighted by molar-refractivity contribution is 0.00361. The zero-order valence-corrected chi connectivity index (χ0v) is 12.7. The Labute approximate surface area is 120 Å². The predicted molar refractivity (Wildman–Crippen MR) is 77.8 cm³/mol. The number of likely N-dealkylation sites (N-methyl/N-ethyl adjacent to an activating group) is 1. The Morgan fingerprint density at radius 2 is 1.75 bits per heavy atom. The van der Waals surface area contributed by atoms with Gasteiger partial charge in [0, 0.05) is 18.2 Å². The van der Waals surface area contributed by atoms with Crippen LogP contribution in [0, 0.1) is 17.6 Å². The molecule has 0 fully saturated rings. The average Bonchev–Trinajstić information content (AvgIpc) is 2.39. The van der Waals surface area contributed by atoms with Crippen LogP contribution in [-0.2, 0) is 11.2 Å². The molecule has 0 aromatic heterocycles. The van der Waals surface area contributed by atoms with Gasteiger partial charge in [0.15, 0.2) is 0 Å². The Morgan fingerprint density at radius 3 is 2.20 bits per heavy atom. The number of nitrogens with one attached hydrogen (secondary N) is 1. The fraction of sp³-hybridized carbons (Fsp3) is 0.625. The van der Waals surface area contributed by atoms with Crippen LogP contribution in [0.4, 0.5) is 8.78 Å². The van der Waals surface area contributed by atoms with Gasteiger partial charge in [-0.25, -0.2) is 8.78 Å². The van der Waals surface area contributed by atoms with E-state index in [-0.39, 0.29) is 30.0 Å². The van der Waals surface area contributed by atoms with E-state index >= 15 is 0 Å². The molecule has 2 unspecified atom stereocenters. The average molecular weight is 285 g/mol. The SMILES string of the molecule is CCNC(Cc1c(F)cccc1F)C(OCC)C(C)C. The molecule has 1 rings (SSSR count). The van der Waals surface area contributed by atoms with Crippen molar-refractivity contribution in [3.05, 3.63) is 35.4 Å². The molecular formula is C16H25F2NO. The highest BCUT2D eigenvalue weighted by molar-refractivity contribution is 5.21. The Kier molecular flexibility index (Phi) is 7.10. The van der Waals surface area contributed by atoms with Gasteiger partial charge in [0.2, 0.25) is 0 Å². The van der Waals surface area contributed by atoms with Crippen LogP contribution in [0.2, 0.25) is 0 Å². The first kappa shape index (κ1) is 17.1. The summed E-state index contributed by atoms with van der Waals surface area (Å²) in [5.41, 5.74) is 0.129. The van der Waals surface area contributed by atoms with Gasteiger partial charge in [-0.3, -0.25) is 0 Å². The Bertz CT molecular complexity index is 389. The summed E-state index contributed by atoms with van der Waals surface area (Å²) in [6.45, 7) is 9.35. The van der Waals surface area contributed by atoms with Gasteiger partial charge in [-0.15, -0.1) is 0 Å². The summed E-state index contributed by atoms with van der Waals surface area (Å²) >= 11 is 0. The number of hydrogen-bond donors (Lipinski definition) is 1. The van der Waals surface area contributed by atoms with Gasteiger partial charge in [-0.1, -0.05) is 26.8 Å². The zero-order valence-electron chi connectivity index (χ0n) is 12.7. The van der Waals surface area contributed by atoms with Gasteiger partial charge >= 0.3 is 0 Å². The van der Waals surface area contributed by atoms with Crippen molar-refractivity contribution in [3.8, 4) is 0 Å². The van der Waals surface area contributed by atoms with Crippen molar-refractivity contribution in [1.82, 2.24) is 5.32 Å². The Balaban J connectivity index is 2.95. The summed E-state index contributed by atoms with van der Waals surface area (Å²) in [4.78, 5) is 0. The van der Waals surface area contributed by atoms with E-state index in [2.05, 4.69) is 19.2 Å². The van der Waals surface area contributed by atoms with Crippen molar-refractivity contribution in [2.45, 2.75) is 46.3 Å². The molecule has 0 saturated heterocycles. The van der Waals surface area contributed by atoms with Crippen LogP contribution in [0.5, 0.6) is 0 Å². The number of halogens is 2. The minimum absolute atomic E-state index is 0.0704. The van der Waals surface area contributed by atoms with Crippen LogP contribution in [0.15, 0.2) is 18.2 Å². The lowest BCUT2D eigenvalue weighted by atomic mass is 9.93. The molecule has 0 radical (unpaired) electrons. The largest absolute Gasteiger partial charge is 0.377 e. The Hall–Kier alpha value is -1.00. The third kappa shape index (κ3) is 4.53. The molecule has 2 nitrogen and oxygen atoms in total. The number of benzene rings is 1. The molecule has 0 aliphatic rings. The third-order valence-corrected chi connectivity index (χ3v) is 3.36. The molecule has 0 amide bonds. The van der Waals surface area contributed by atoms with Crippen LogP contribution in [-0.4, -0.2) is 25.3 Å². The minimum Gasteiger partial charge on any atom is -0.377 e. The minimum atomic E-state index is -0.494. The van der Waals surface area contributed by atoms with E-state index in [4.69, 9.17) is 4.74 Å². The molecule has 0 aliphatic heterocycles. The number of rotatable bonds is 8. The molecule has 1 aromatic carbocycles. The first-order valence-corrected chi connectivity index (χ1v) is 7.29. The monoisotopic (exact) mass is 285 g/mol. The normalized spacial score (nSPS) is 14.6. The molecule has 4 heteroatoms. The maximum atomic E-state index is 13.8. The Morgan fingerprint density at radius 1 is 1.15 bits per heavy atom. The molecule has 1 N–H and O–H groups in total. The van der Waals surface area contributed by atoms with E-state index in [0.29, 0.717) is 6.61 Å². The van der Waals surface area contributed by atoms with Gasteiger partial charge in [-0.05, 0) is 37.9 Å². The van der Waals surface area contributed by atoms with Crippen LogP contribution >= 0.6 is 0 Å². The van der Waals surface area contributed by atoms with Crippen molar-refractivity contribution in [2.24, 2.45) is 5.92 Å². The molecule has 0 saturated carbocycles. The lowest BCUT2D eigenvalue weighted by Gasteiger charge is -2.31. The van der Waals surface area contributed by atoms with Crippen molar-refractivity contribution in [1.29, 1.82) is 0 Å². The summed E-state index contributed by atoms with van der Waals surface area (Å²) in [6, 6.07) is 3.88. The highest BCUT2D eigenvalue weighted by Crippen LogP contribution is 2.19. The van der Waals surface area contributed by atoms with E-state index in [9.17, 15) is 8.78 Å². The fourth-order valence-corrected chi connectivity index (χ4v) is 2.48. The van der Waals surface area contributed by atoms with Crippen molar-refractivity contribution < 1.29 is 13.5 Å². The quantitative estimate of drug-likeness (QED) is 0.788. The molecule has 2 atom stereocenters. The van der Waals surface area contributed by atoms with E-state index in [1.54, 1.807) is 0 Å². The zero-order chi connectivity index (χ0) is 15.1. The van der Waals surface area contributed by atoms with Gasteiger partial charge in [-0.2, -0.15) is 0 Å².